The smallest absolute Gasteiger partial charge is 0.283 e. The molecule has 0 unspecified atom stereocenters. The summed E-state index contributed by atoms with van der Waals surface area (Å²) in [6.07, 6.45) is 0. The number of nitrogens with zero attached hydrogens (tertiary/aromatic N) is 6. The molecule has 4 heterocycles. The van der Waals surface area contributed by atoms with E-state index < -0.39 is 28.8 Å². The van der Waals surface area contributed by atoms with E-state index in [4.69, 9.17) is 11.6 Å². The summed E-state index contributed by atoms with van der Waals surface area (Å²) < 4.78 is 2.12. The average molecular weight is 489 g/mol. The Morgan fingerprint density at radius 1 is 0.844 bits per heavy atom. The van der Waals surface area contributed by atoms with Crippen LogP contribution in [0.15, 0.2) is 33.9 Å². The fraction of sp³-hybridized carbons (Fsp3) is 0.158. The lowest BCUT2D eigenvalue weighted by Crippen LogP contribution is -2.29. The van der Waals surface area contributed by atoms with E-state index in [1.165, 1.54) is 0 Å². The summed E-state index contributed by atoms with van der Waals surface area (Å²) in [5.41, 5.74) is -1.38. The first kappa shape index (κ1) is 20.5. The first-order chi connectivity index (χ1) is 15.2. The highest BCUT2D eigenvalue weighted by molar-refractivity contribution is 7.16. The zero-order valence-electron chi connectivity index (χ0n) is 16.5. The van der Waals surface area contributed by atoms with Crippen molar-refractivity contribution in [1.82, 2.24) is 29.2 Å². The Morgan fingerprint density at radius 3 is 1.72 bits per heavy atom. The molecule has 0 fully saturated rings. The van der Waals surface area contributed by atoms with Crippen molar-refractivity contribution in [2.75, 3.05) is 0 Å². The van der Waals surface area contributed by atoms with Gasteiger partial charge in [-0.15, -0.1) is 0 Å². The van der Waals surface area contributed by atoms with Gasteiger partial charge >= 0.3 is 0 Å². The number of halogens is 1. The van der Waals surface area contributed by atoms with E-state index in [9.17, 15) is 19.8 Å². The SMILES string of the molecule is Cc1nn2c(=O)c(C(c3ccc(Cl)cc3)c3c(O)nc4sc(C)nn4c3=O)c(O)nc2s1. The Hall–Kier alpha value is -3.35. The van der Waals surface area contributed by atoms with Gasteiger partial charge < -0.3 is 10.2 Å². The van der Waals surface area contributed by atoms with E-state index >= 15 is 0 Å². The third kappa shape index (κ3) is 3.15. The van der Waals surface area contributed by atoms with Crippen molar-refractivity contribution in [1.29, 1.82) is 0 Å². The number of aromatic nitrogens is 6. The molecule has 0 aliphatic heterocycles. The van der Waals surface area contributed by atoms with Crippen LogP contribution < -0.4 is 11.1 Å². The van der Waals surface area contributed by atoms with Crippen LogP contribution >= 0.6 is 34.3 Å². The molecule has 0 bridgehead atoms. The molecule has 32 heavy (non-hydrogen) atoms. The van der Waals surface area contributed by atoms with Gasteiger partial charge in [-0.2, -0.15) is 29.2 Å². The summed E-state index contributed by atoms with van der Waals surface area (Å²) in [6, 6.07) is 6.33. The monoisotopic (exact) mass is 488 g/mol. The molecule has 162 valence electrons. The van der Waals surface area contributed by atoms with Crippen LogP contribution in [0.4, 0.5) is 0 Å². The van der Waals surface area contributed by atoms with E-state index in [2.05, 4.69) is 20.2 Å². The van der Waals surface area contributed by atoms with Gasteiger partial charge in [-0.3, -0.25) is 9.59 Å². The average Bonchev–Trinajstić information content (AvgIpc) is 3.29. The number of benzene rings is 1. The lowest BCUT2D eigenvalue weighted by molar-refractivity contribution is 0.433. The Morgan fingerprint density at radius 2 is 1.28 bits per heavy atom. The van der Waals surface area contributed by atoms with Gasteiger partial charge in [-0.05, 0) is 31.5 Å². The second-order valence-corrected chi connectivity index (χ2v) is 9.68. The molecule has 0 saturated heterocycles. The Kier molecular flexibility index (Phi) is 4.73. The van der Waals surface area contributed by atoms with E-state index in [1.807, 2.05) is 0 Å². The predicted octanol–water partition coefficient (Wildman–Crippen LogP) is 2.48. The highest BCUT2D eigenvalue weighted by atomic mass is 35.5. The fourth-order valence-corrected chi connectivity index (χ4v) is 5.11. The largest absolute Gasteiger partial charge is 0.493 e. The molecule has 2 N–H and O–H groups in total. The van der Waals surface area contributed by atoms with Crippen molar-refractivity contribution in [3.63, 3.8) is 0 Å². The second-order valence-electron chi connectivity index (χ2n) is 6.92. The van der Waals surface area contributed by atoms with Crippen LogP contribution in [0.3, 0.4) is 0 Å². The van der Waals surface area contributed by atoms with Crippen molar-refractivity contribution in [2.24, 2.45) is 0 Å². The maximum absolute atomic E-state index is 13.4. The number of aromatic hydroxyl groups is 2. The third-order valence-corrected chi connectivity index (χ3v) is 6.73. The molecular weight excluding hydrogens is 476 g/mol. The minimum absolute atomic E-state index is 0.202. The summed E-state index contributed by atoms with van der Waals surface area (Å²) >= 11 is 8.29. The number of aryl methyl sites for hydroxylation is 2. The molecule has 10 nitrogen and oxygen atoms in total. The zero-order chi connectivity index (χ0) is 22.7. The molecule has 13 heteroatoms. The second kappa shape index (κ2) is 7.36. The molecule has 0 aliphatic rings. The summed E-state index contributed by atoms with van der Waals surface area (Å²) in [6.45, 7) is 3.40. The summed E-state index contributed by atoms with van der Waals surface area (Å²) in [7, 11) is 0. The van der Waals surface area contributed by atoms with Crippen LogP contribution in [-0.2, 0) is 0 Å². The molecule has 0 amide bonds. The van der Waals surface area contributed by atoms with Gasteiger partial charge in [0.1, 0.15) is 10.0 Å². The molecule has 0 radical (unpaired) electrons. The topological polar surface area (TPSA) is 135 Å². The van der Waals surface area contributed by atoms with Crippen LogP contribution in [0.2, 0.25) is 5.02 Å². The third-order valence-electron chi connectivity index (χ3n) is 4.83. The lowest BCUT2D eigenvalue weighted by Gasteiger charge is -2.18. The number of rotatable bonds is 3. The summed E-state index contributed by atoms with van der Waals surface area (Å²) in [5, 5.41) is 31.4. The van der Waals surface area contributed by atoms with Gasteiger partial charge in [0, 0.05) is 5.02 Å². The van der Waals surface area contributed by atoms with Crippen molar-refractivity contribution in [3.8, 4) is 11.8 Å². The van der Waals surface area contributed by atoms with E-state index in [0.717, 1.165) is 31.7 Å². The van der Waals surface area contributed by atoms with Gasteiger partial charge in [0.15, 0.2) is 0 Å². The van der Waals surface area contributed by atoms with E-state index in [-0.39, 0.29) is 21.0 Å². The zero-order valence-corrected chi connectivity index (χ0v) is 18.9. The van der Waals surface area contributed by atoms with Crippen molar-refractivity contribution in [3.05, 3.63) is 76.7 Å². The lowest BCUT2D eigenvalue weighted by atomic mass is 9.87. The maximum atomic E-state index is 13.4. The highest BCUT2D eigenvalue weighted by Gasteiger charge is 2.32. The van der Waals surface area contributed by atoms with Gasteiger partial charge in [-0.1, -0.05) is 46.4 Å². The van der Waals surface area contributed by atoms with Gasteiger partial charge in [-0.25, -0.2) is 0 Å². The molecule has 1 aromatic carbocycles. The highest BCUT2D eigenvalue weighted by Crippen LogP contribution is 2.37. The molecule has 4 aromatic heterocycles. The van der Waals surface area contributed by atoms with E-state index in [0.29, 0.717) is 20.6 Å². The Balaban J connectivity index is 1.90. The van der Waals surface area contributed by atoms with Crippen LogP contribution in [0.25, 0.3) is 9.92 Å². The number of fused-ring (bicyclic) bond motifs is 2. The van der Waals surface area contributed by atoms with Gasteiger partial charge in [0.25, 0.3) is 11.1 Å². The molecule has 0 saturated carbocycles. The first-order valence-corrected chi connectivity index (χ1v) is 11.2. The van der Waals surface area contributed by atoms with Crippen molar-refractivity contribution >= 4 is 44.2 Å². The predicted molar refractivity (Wildman–Crippen MR) is 119 cm³/mol. The maximum Gasteiger partial charge on any atom is 0.283 e. The molecule has 5 aromatic rings. The van der Waals surface area contributed by atoms with Crippen LogP contribution in [-0.4, -0.2) is 39.4 Å². The fourth-order valence-electron chi connectivity index (χ4n) is 3.52. The number of hydrogen-bond acceptors (Lipinski definition) is 10. The van der Waals surface area contributed by atoms with Gasteiger partial charge in [0.2, 0.25) is 21.7 Å². The standard InChI is InChI=1S/C19H13ClN6O4S2/c1-7-23-25-16(29)12(14(27)21-18(25)31-7)11(9-3-5-10(20)6-4-9)13-15(28)22-19-26(17(13)30)24-8(2)32-19/h3-6,11,27-28H,1-2H3. The van der Waals surface area contributed by atoms with Crippen molar-refractivity contribution in [2.45, 2.75) is 19.8 Å². The normalized spacial score (nSPS) is 11.8. The number of hydrogen-bond donors (Lipinski definition) is 2. The Labute approximate surface area is 191 Å². The van der Waals surface area contributed by atoms with Crippen LogP contribution in [0.1, 0.15) is 32.6 Å². The molecule has 0 atom stereocenters. The molecule has 0 spiro atoms. The molecule has 5 rings (SSSR count). The van der Waals surface area contributed by atoms with Crippen LogP contribution in [0.5, 0.6) is 11.8 Å². The van der Waals surface area contributed by atoms with Crippen molar-refractivity contribution < 1.29 is 10.2 Å². The molecule has 0 aliphatic carbocycles. The molecular formula is C19H13ClN6O4S2. The summed E-state index contributed by atoms with van der Waals surface area (Å²) in [5.74, 6) is -2.35. The quantitative estimate of drug-likeness (QED) is 0.395. The summed E-state index contributed by atoms with van der Waals surface area (Å²) in [4.78, 5) is 35.3. The minimum Gasteiger partial charge on any atom is -0.493 e. The first-order valence-electron chi connectivity index (χ1n) is 9.18. The van der Waals surface area contributed by atoms with Crippen LogP contribution in [0, 0.1) is 13.8 Å². The Bertz CT molecular complexity index is 1540. The minimum atomic E-state index is -1.20. The van der Waals surface area contributed by atoms with Gasteiger partial charge in [0.05, 0.1) is 17.0 Å². The van der Waals surface area contributed by atoms with E-state index in [1.54, 1.807) is 38.1 Å².